The summed E-state index contributed by atoms with van der Waals surface area (Å²) in [6, 6.07) is 0. The molecule has 0 fully saturated rings. The van der Waals surface area contributed by atoms with Crippen molar-refractivity contribution >= 4 is 24.0 Å². The van der Waals surface area contributed by atoms with Crippen LogP contribution in [-0.2, 0) is 4.57 Å². The minimum absolute atomic E-state index is 0.174. The van der Waals surface area contributed by atoms with Crippen molar-refractivity contribution in [1.82, 2.24) is 0 Å². The molecule has 0 aliphatic carbocycles. The average molecular weight is 171 g/mol. The highest BCUT2D eigenvalue weighted by Crippen LogP contribution is 2.29. The maximum atomic E-state index is 9.74. The molecule has 0 heterocycles. The van der Waals surface area contributed by atoms with E-state index >= 15 is 0 Å². The Kier molecular flexibility index (Phi) is 2.74. The van der Waals surface area contributed by atoms with Crippen molar-refractivity contribution < 1.29 is 9.46 Å². The molecule has 36 valence electrons. The van der Waals surface area contributed by atoms with E-state index in [2.05, 4.69) is 22.5 Å². The molecule has 0 bridgehead atoms. The fourth-order valence-corrected chi connectivity index (χ4v) is 0. The van der Waals surface area contributed by atoms with Gasteiger partial charge in [-0.25, -0.2) is 0 Å². The van der Waals surface area contributed by atoms with Crippen molar-refractivity contribution in [2.24, 2.45) is 0 Å². The first-order chi connectivity index (χ1) is 2.64. The number of halogens is 1. The number of hydrogen-bond acceptors (Lipinski definition) is 1. The maximum absolute atomic E-state index is 9.74. The Morgan fingerprint density at radius 2 is 2.17 bits per heavy atom. The molecule has 0 aliphatic rings. The second-order valence-electron chi connectivity index (χ2n) is 0.710. The normalized spacial score (nSPS) is 13.7. The Bertz CT molecular complexity index is 77.5. The molecule has 0 amide bonds. The molecule has 0 aromatic heterocycles. The third kappa shape index (κ3) is 2.64. The summed E-state index contributed by atoms with van der Waals surface area (Å²) >= 11 is 2.73. The van der Waals surface area contributed by atoms with Crippen LogP contribution in [0.2, 0.25) is 0 Å². The zero-order valence-electron chi connectivity index (χ0n) is 2.94. The van der Waals surface area contributed by atoms with Crippen LogP contribution < -0.4 is 0 Å². The molecule has 0 rings (SSSR count). The van der Waals surface area contributed by atoms with Crippen LogP contribution in [0.3, 0.4) is 0 Å². The van der Waals surface area contributed by atoms with E-state index in [9.17, 15) is 4.57 Å². The molecular weight excluding hydrogens is 167 g/mol. The summed E-state index contributed by atoms with van der Waals surface area (Å²) in [4.78, 5) is 8.03. The standard InChI is InChI=1S/C2H4BrO2P/c1-2(3)6(4)5/h6H,1H2,(H,4,5). The van der Waals surface area contributed by atoms with Crippen molar-refractivity contribution in [3.05, 3.63) is 10.8 Å². The van der Waals surface area contributed by atoms with E-state index in [1.165, 1.54) is 0 Å². The lowest BCUT2D eigenvalue weighted by atomic mass is 11.3. The van der Waals surface area contributed by atoms with Gasteiger partial charge in [0.05, 0.1) is 4.22 Å². The van der Waals surface area contributed by atoms with Gasteiger partial charge in [0, 0.05) is 0 Å². The van der Waals surface area contributed by atoms with Gasteiger partial charge in [0.25, 0.3) is 0 Å². The van der Waals surface area contributed by atoms with Gasteiger partial charge < -0.3 is 4.89 Å². The number of rotatable bonds is 1. The summed E-state index contributed by atoms with van der Waals surface area (Å²) in [5.74, 6) is 0. The first-order valence-corrected chi connectivity index (χ1v) is 3.37. The Hall–Kier alpha value is 0.410. The van der Waals surface area contributed by atoms with E-state index < -0.39 is 8.03 Å². The second kappa shape index (κ2) is 2.56. The van der Waals surface area contributed by atoms with Crippen LogP contribution in [0.1, 0.15) is 0 Å². The predicted octanol–water partition coefficient (Wildman–Crippen LogP) is 1.32. The van der Waals surface area contributed by atoms with Crippen molar-refractivity contribution in [2.45, 2.75) is 0 Å². The van der Waals surface area contributed by atoms with E-state index in [0.29, 0.717) is 0 Å². The number of hydrogen-bond donors (Lipinski definition) is 1. The summed E-state index contributed by atoms with van der Waals surface area (Å²) in [6.07, 6.45) is 0. The van der Waals surface area contributed by atoms with Crippen molar-refractivity contribution in [2.75, 3.05) is 0 Å². The van der Waals surface area contributed by atoms with Crippen molar-refractivity contribution in [1.29, 1.82) is 0 Å². The summed E-state index contributed by atoms with van der Waals surface area (Å²) in [7, 11) is -2.48. The van der Waals surface area contributed by atoms with Crippen molar-refractivity contribution in [3.8, 4) is 0 Å². The third-order valence-electron chi connectivity index (χ3n) is 0.232. The lowest BCUT2D eigenvalue weighted by molar-refractivity contribution is 0.512. The molecule has 0 saturated carbocycles. The molecule has 1 unspecified atom stereocenters. The SMILES string of the molecule is C=C(Br)[PH](=O)O. The average Bonchev–Trinajstić information content (AvgIpc) is 1.36. The van der Waals surface area contributed by atoms with Gasteiger partial charge in [-0.05, 0) is 15.9 Å². The molecule has 0 aromatic rings. The molecule has 4 heteroatoms. The van der Waals surface area contributed by atoms with Crippen LogP contribution in [0.5, 0.6) is 0 Å². The van der Waals surface area contributed by atoms with Gasteiger partial charge >= 0.3 is 0 Å². The van der Waals surface area contributed by atoms with E-state index in [-0.39, 0.29) is 4.22 Å². The largest absolute Gasteiger partial charge is 0.343 e. The molecule has 1 atom stereocenters. The zero-order valence-corrected chi connectivity index (χ0v) is 5.53. The lowest BCUT2D eigenvalue weighted by Gasteiger charge is -1.79. The van der Waals surface area contributed by atoms with Crippen LogP contribution >= 0.6 is 24.0 Å². The summed E-state index contributed by atoms with van der Waals surface area (Å²) in [5, 5.41) is 0. The van der Waals surface area contributed by atoms with Gasteiger partial charge in [0.1, 0.15) is 0 Å². The predicted molar refractivity (Wildman–Crippen MR) is 29.3 cm³/mol. The smallest absolute Gasteiger partial charge is 0.224 e. The van der Waals surface area contributed by atoms with Gasteiger partial charge in [-0.1, -0.05) is 6.58 Å². The molecule has 1 N–H and O–H groups in total. The van der Waals surface area contributed by atoms with Gasteiger partial charge in [-0.3, -0.25) is 4.57 Å². The Balaban J connectivity index is 3.57. The molecule has 0 spiro atoms. The summed E-state index contributed by atoms with van der Waals surface area (Å²) in [6.45, 7) is 3.15. The van der Waals surface area contributed by atoms with Crippen LogP contribution in [0, 0.1) is 0 Å². The third-order valence-corrected chi connectivity index (χ3v) is 1.71. The molecule has 0 radical (unpaired) electrons. The highest BCUT2D eigenvalue weighted by atomic mass is 79.9. The zero-order chi connectivity index (χ0) is 5.15. The first-order valence-electron chi connectivity index (χ1n) is 1.22. The second-order valence-corrected chi connectivity index (χ2v) is 3.61. The lowest BCUT2D eigenvalue weighted by Crippen LogP contribution is -1.47. The van der Waals surface area contributed by atoms with E-state index in [1.54, 1.807) is 0 Å². The van der Waals surface area contributed by atoms with Gasteiger partial charge in [-0.15, -0.1) is 0 Å². The summed E-state index contributed by atoms with van der Waals surface area (Å²) in [5.41, 5.74) is 0. The Morgan fingerprint density at radius 3 is 2.17 bits per heavy atom. The molecule has 0 saturated heterocycles. The van der Waals surface area contributed by atoms with Gasteiger partial charge in [0.2, 0.25) is 8.03 Å². The van der Waals surface area contributed by atoms with E-state index in [0.717, 1.165) is 0 Å². The fourth-order valence-electron chi connectivity index (χ4n) is 0. The molecule has 6 heavy (non-hydrogen) atoms. The minimum Gasteiger partial charge on any atom is -0.343 e. The molecular formula is C2H4BrO2P. The highest BCUT2D eigenvalue weighted by Gasteiger charge is 1.88. The fraction of sp³-hybridized carbons (Fsp3) is 0. The van der Waals surface area contributed by atoms with E-state index in [4.69, 9.17) is 4.89 Å². The van der Waals surface area contributed by atoms with Crippen molar-refractivity contribution in [3.63, 3.8) is 0 Å². The van der Waals surface area contributed by atoms with Gasteiger partial charge in [-0.2, -0.15) is 0 Å². The van der Waals surface area contributed by atoms with Crippen LogP contribution in [-0.4, -0.2) is 4.89 Å². The van der Waals surface area contributed by atoms with Crippen LogP contribution in [0.25, 0.3) is 0 Å². The van der Waals surface area contributed by atoms with Gasteiger partial charge in [0.15, 0.2) is 0 Å². The Morgan fingerprint density at radius 1 is 2.00 bits per heavy atom. The summed E-state index contributed by atoms with van der Waals surface area (Å²) < 4.78 is 9.91. The van der Waals surface area contributed by atoms with Crippen LogP contribution in [0.4, 0.5) is 0 Å². The minimum atomic E-state index is -2.48. The van der Waals surface area contributed by atoms with E-state index in [1.807, 2.05) is 0 Å². The molecule has 2 nitrogen and oxygen atoms in total. The first kappa shape index (κ1) is 6.41. The quantitative estimate of drug-likeness (QED) is 0.604. The van der Waals surface area contributed by atoms with Crippen LogP contribution in [0.15, 0.2) is 10.8 Å². The monoisotopic (exact) mass is 170 g/mol. The topological polar surface area (TPSA) is 37.3 Å². The molecule has 0 aromatic carbocycles. The Labute approximate surface area is 44.9 Å². The highest BCUT2D eigenvalue weighted by molar-refractivity contribution is 9.13. The maximum Gasteiger partial charge on any atom is 0.224 e. The molecule has 0 aliphatic heterocycles.